The first kappa shape index (κ1) is 14.5. The van der Waals surface area contributed by atoms with E-state index in [-0.39, 0.29) is 17.6 Å². The smallest absolute Gasteiger partial charge is 0.144 e. The van der Waals surface area contributed by atoms with E-state index >= 15 is 0 Å². The Balaban J connectivity index is 2.15. The molecule has 1 heterocycles. The number of halogens is 2. The Bertz CT molecular complexity index is 469. The molecule has 0 spiro atoms. The summed E-state index contributed by atoms with van der Waals surface area (Å²) in [5.74, 6) is -0.265. The fraction of sp³-hybridized carbons (Fsp3) is 0.533. The highest BCUT2D eigenvalue weighted by Gasteiger charge is 2.37. The van der Waals surface area contributed by atoms with Gasteiger partial charge in [-0.2, -0.15) is 0 Å². The van der Waals surface area contributed by atoms with E-state index in [1.54, 1.807) is 12.1 Å². The topological polar surface area (TPSA) is 29.1 Å². The van der Waals surface area contributed by atoms with E-state index in [1.807, 2.05) is 6.92 Å². The number of Topliss-reactive ketones (excluding diaryl/α,β-unsaturated/α-hetero) is 1. The van der Waals surface area contributed by atoms with E-state index in [2.05, 4.69) is 5.32 Å². The summed E-state index contributed by atoms with van der Waals surface area (Å²) in [6, 6.07) is 4.50. The average Bonchev–Trinajstić information content (AvgIpc) is 2.42. The molecule has 0 aromatic heterocycles. The van der Waals surface area contributed by atoms with Crippen molar-refractivity contribution in [1.82, 2.24) is 5.32 Å². The molecule has 0 aliphatic carbocycles. The summed E-state index contributed by atoms with van der Waals surface area (Å²) in [5, 5.41) is 3.64. The van der Waals surface area contributed by atoms with Crippen LogP contribution in [0.2, 0.25) is 5.02 Å². The zero-order valence-electron chi connectivity index (χ0n) is 11.1. The van der Waals surface area contributed by atoms with E-state index in [1.165, 1.54) is 6.07 Å². The Morgan fingerprint density at radius 2 is 2.32 bits per heavy atom. The first-order valence-electron chi connectivity index (χ1n) is 6.75. The second-order valence-corrected chi connectivity index (χ2v) is 5.69. The van der Waals surface area contributed by atoms with Crippen LogP contribution in [-0.2, 0) is 11.2 Å². The fourth-order valence-corrected chi connectivity index (χ4v) is 2.89. The van der Waals surface area contributed by atoms with E-state index in [0.717, 1.165) is 25.8 Å². The van der Waals surface area contributed by atoms with Crippen molar-refractivity contribution in [2.75, 3.05) is 13.1 Å². The maximum atomic E-state index is 13.8. The number of benzene rings is 1. The molecular formula is C15H19ClFNO. The second-order valence-electron chi connectivity index (χ2n) is 5.25. The standard InChI is InChI=1S/C15H19ClFNO/c1-2-15(6-3-7-18-10-15)14(19)8-11-4-5-12(16)9-13(11)17/h4-5,9,18H,2-3,6-8,10H2,1H3. The van der Waals surface area contributed by atoms with E-state index < -0.39 is 5.82 Å². The van der Waals surface area contributed by atoms with E-state index in [0.29, 0.717) is 17.1 Å². The SMILES string of the molecule is CCC1(C(=O)Cc2ccc(Cl)cc2F)CCCNC1. The molecule has 2 nitrogen and oxygen atoms in total. The summed E-state index contributed by atoms with van der Waals surface area (Å²) in [6.07, 6.45) is 2.85. The number of nitrogens with one attached hydrogen (secondary N) is 1. The van der Waals surface area contributed by atoms with Crippen molar-refractivity contribution >= 4 is 17.4 Å². The third-order valence-electron chi connectivity index (χ3n) is 4.11. The number of ketones is 1. The Morgan fingerprint density at radius 3 is 2.89 bits per heavy atom. The predicted molar refractivity (Wildman–Crippen MR) is 74.9 cm³/mol. The van der Waals surface area contributed by atoms with E-state index in [9.17, 15) is 9.18 Å². The van der Waals surface area contributed by atoms with Gasteiger partial charge in [0.25, 0.3) is 0 Å². The van der Waals surface area contributed by atoms with Gasteiger partial charge in [0.15, 0.2) is 0 Å². The molecule has 1 unspecified atom stereocenters. The Labute approximate surface area is 118 Å². The van der Waals surface area contributed by atoms with Crippen LogP contribution in [0, 0.1) is 11.2 Å². The van der Waals surface area contributed by atoms with Crippen LogP contribution in [0.15, 0.2) is 18.2 Å². The van der Waals surface area contributed by atoms with E-state index in [4.69, 9.17) is 11.6 Å². The summed E-state index contributed by atoms with van der Waals surface area (Å²) < 4.78 is 13.8. The van der Waals surface area contributed by atoms with Gasteiger partial charge in [-0.15, -0.1) is 0 Å². The number of hydrogen-bond donors (Lipinski definition) is 1. The maximum Gasteiger partial charge on any atom is 0.144 e. The Hall–Kier alpha value is -0.930. The number of carbonyl (C=O) groups is 1. The number of rotatable bonds is 4. The molecule has 1 saturated heterocycles. The summed E-state index contributed by atoms with van der Waals surface area (Å²) >= 11 is 5.72. The van der Waals surface area contributed by atoms with Gasteiger partial charge in [0.1, 0.15) is 11.6 Å². The van der Waals surface area contributed by atoms with Crippen LogP contribution in [0.1, 0.15) is 31.7 Å². The zero-order chi connectivity index (χ0) is 13.9. The summed E-state index contributed by atoms with van der Waals surface area (Å²) in [5.41, 5.74) is 0.109. The lowest BCUT2D eigenvalue weighted by Crippen LogP contribution is -2.45. The van der Waals surface area contributed by atoms with Gasteiger partial charge in [-0.05, 0) is 43.5 Å². The van der Waals surface area contributed by atoms with Gasteiger partial charge in [0, 0.05) is 23.4 Å². The van der Waals surface area contributed by atoms with Crippen LogP contribution >= 0.6 is 11.6 Å². The average molecular weight is 284 g/mol. The highest BCUT2D eigenvalue weighted by atomic mass is 35.5. The molecular weight excluding hydrogens is 265 g/mol. The zero-order valence-corrected chi connectivity index (χ0v) is 11.9. The lowest BCUT2D eigenvalue weighted by atomic mass is 9.73. The van der Waals surface area contributed by atoms with Gasteiger partial charge < -0.3 is 5.32 Å². The maximum absolute atomic E-state index is 13.8. The highest BCUT2D eigenvalue weighted by Crippen LogP contribution is 2.32. The van der Waals surface area contributed by atoms with Crippen molar-refractivity contribution in [3.63, 3.8) is 0 Å². The molecule has 0 amide bonds. The fourth-order valence-electron chi connectivity index (χ4n) is 2.73. The van der Waals surface area contributed by atoms with Crippen molar-refractivity contribution < 1.29 is 9.18 Å². The molecule has 1 aromatic carbocycles. The van der Waals surface area contributed by atoms with Gasteiger partial charge in [-0.3, -0.25) is 4.79 Å². The molecule has 4 heteroatoms. The minimum absolute atomic E-state index is 0.128. The third kappa shape index (κ3) is 3.15. The van der Waals surface area contributed by atoms with Crippen LogP contribution in [0.3, 0.4) is 0 Å². The van der Waals surface area contributed by atoms with Crippen LogP contribution in [-0.4, -0.2) is 18.9 Å². The largest absolute Gasteiger partial charge is 0.316 e. The van der Waals surface area contributed by atoms with Crippen LogP contribution in [0.25, 0.3) is 0 Å². The quantitative estimate of drug-likeness (QED) is 0.918. The minimum atomic E-state index is -0.393. The highest BCUT2D eigenvalue weighted by molar-refractivity contribution is 6.30. The van der Waals surface area contributed by atoms with Gasteiger partial charge in [-0.25, -0.2) is 4.39 Å². The molecule has 0 radical (unpaired) electrons. The number of hydrogen-bond acceptors (Lipinski definition) is 2. The third-order valence-corrected chi connectivity index (χ3v) is 4.34. The van der Waals surface area contributed by atoms with Crippen LogP contribution in [0.5, 0.6) is 0 Å². The first-order valence-corrected chi connectivity index (χ1v) is 7.13. The molecule has 1 atom stereocenters. The predicted octanol–water partition coefficient (Wildman–Crippen LogP) is 3.37. The van der Waals surface area contributed by atoms with Crippen molar-refractivity contribution in [2.24, 2.45) is 5.41 Å². The molecule has 0 saturated carbocycles. The van der Waals surface area contributed by atoms with Crippen LogP contribution < -0.4 is 5.32 Å². The summed E-state index contributed by atoms with van der Waals surface area (Å²) in [4.78, 5) is 12.5. The lowest BCUT2D eigenvalue weighted by molar-refractivity contribution is -0.129. The van der Waals surface area contributed by atoms with Gasteiger partial charge >= 0.3 is 0 Å². The molecule has 2 rings (SSSR count). The molecule has 1 aliphatic heterocycles. The Morgan fingerprint density at radius 1 is 1.53 bits per heavy atom. The van der Waals surface area contributed by atoms with Gasteiger partial charge in [0.2, 0.25) is 0 Å². The molecule has 0 bridgehead atoms. The molecule has 1 aromatic rings. The monoisotopic (exact) mass is 283 g/mol. The summed E-state index contributed by atoms with van der Waals surface area (Å²) in [7, 11) is 0. The van der Waals surface area contributed by atoms with Crippen LogP contribution in [0.4, 0.5) is 4.39 Å². The van der Waals surface area contributed by atoms with Crippen molar-refractivity contribution in [1.29, 1.82) is 0 Å². The van der Waals surface area contributed by atoms with Gasteiger partial charge in [0.05, 0.1) is 0 Å². The molecule has 104 valence electrons. The summed E-state index contributed by atoms with van der Waals surface area (Å²) in [6.45, 7) is 3.70. The number of carbonyl (C=O) groups excluding carboxylic acids is 1. The lowest BCUT2D eigenvalue weighted by Gasteiger charge is -2.35. The molecule has 1 N–H and O–H groups in total. The molecule has 1 aliphatic rings. The van der Waals surface area contributed by atoms with Crippen molar-refractivity contribution in [2.45, 2.75) is 32.6 Å². The first-order chi connectivity index (χ1) is 9.07. The normalized spacial score (nSPS) is 23.3. The molecule has 19 heavy (non-hydrogen) atoms. The second kappa shape index (κ2) is 6.02. The number of piperidine rings is 1. The minimum Gasteiger partial charge on any atom is -0.316 e. The van der Waals surface area contributed by atoms with Crippen molar-refractivity contribution in [3.8, 4) is 0 Å². The van der Waals surface area contributed by atoms with Gasteiger partial charge in [-0.1, -0.05) is 24.6 Å². The van der Waals surface area contributed by atoms with Crippen molar-refractivity contribution in [3.05, 3.63) is 34.6 Å². The Kier molecular flexibility index (Phi) is 4.58. The molecule has 1 fully saturated rings.